The van der Waals surface area contributed by atoms with E-state index in [9.17, 15) is 9.59 Å². The third kappa shape index (κ3) is 4.37. The summed E-state index contributed by atoms with van der Waals surface area (Å²) in [6.07, 6.45) is 7.28. The minimum absolute atomic E-state index is 0.0149. The van der Waals surface area contributed by atoms with Crippen LogP contribution in [0.1, 0.15) is 58.8 Å². The van der Waals surface area contributed by atoms with E-state index >= 15 is 0 Å². The topological polar surface area (TPSA) is 69.6 Å². The molecule has 5 heteroatoms. The van der Waals surface area contributed by atoms with Gasteiger partial charge in [-0.15, -0.1) is 0 Å². The van der Waals surface area contributed by atoms with Crippen molar-refractivity contribution in [1.82, 2.24) is 10.2 Å². The molecule has 5 nitrogen and oxygen atoms in total. The number of rotatable bonds is 5. The fourth-order valence-electron chi connectivity index (χ4n) is 4.15. The van der Waals surface area contributed by atoms with Gasteiger partial charge in [-0.25, -0.2) is 4.79 Å². The molecule has 1 aliphatic heterocycles. The van der Waals surface area contributed by atoms with Crippen molar-refractivity contribution in [1.29, 1.82) is 0 Å². The average Bonchev–Trinajstić information content (AvgIpc) is 2.93. The van der Waals surface area contributed by atoms with Gasteiger partial charge in [0.05, 0.1) is 5.92 Å². The Morgan fingerprint density at radius 2 is 1.82 bits per heavy atom. The van der Waals surface area contributed by atoms with Crippen molar-refractivity contribution in [3.8, 4) is 0 Å². The molecule has 0 spiro atoms. The van der Waals surface area contributed by atoms with Crippen LogP contribution in [0, 0.1) is 17.3 Å². The second-order valence-corrected chi connectivity index (χ2v) is 7.56. The number of amides is 2. The number of hydrogen-bond donors (Lipinski definition) is 2. The Hall–Kier alpha value is -1.26. The summed E-state index contributed by atoms with van der Waals surface area (Å²) in [6.45, 7) is 6.37. The molecule has 0 bridgehead atoms. The Bertz CT molecular complexity index is 395. The van der Waals surface area contributed by atoms with Gasteiger partial charge in [-0.3, -0.25) is 4.79 Å². The molecule has 0 unspecified atom stereocenters. The summed E-state index contributed by atoms with van der Waals surface area (Å²) in [5, 5.41) is 12.1. The van der Waals surface area contributed by atoms with Gasteiger partial charge in [0, 0.05) is 19.6 Å². The zero-order chi connectivity index (χ0) is 16.2. The maximum Gasteiger partial charge on any atom is 0.317 e. The molecule has 2 rings (SSSR count). The molecule has 0 aromatic carbocycles. The van der Waals surface area contributed by atoms with Crippen LogP contribution in [0.3, 0.4) is 0 Å². The van der Waals surface area contributed by atoms with E-state index in [1.165, 1.54) is 32.1 Å². The van der Waals surface area contributed by atoms with Crippen LogP contribution >= 0.6 is 0 Å². The van der Waals surface area contributed by atoms with Crippen molar-refractivity contribution in [2.45, 2.75) is 58.8 Å². The summed E-state index contributed by atoms with van der Waals surface area (Å²) in [4.78, 5) is 25.1. The molecule has 1 saturated carbocycles. The minimum atomic E-state index is -0.734. The zero-order valence-electron chi connectivity index (χ0n) is 13.9. The van der Waals surface area contributed by atoms with Crippen molar-refractivity contribution in [2.24, 2.45) is 17.3 Å². The molecule has 2 aliphatic rings. The van der Waals surface area contributed by atoms with E-state index in [0.717, 1.165) is 6.54 Å². The Balaban J connectivity index is 1.80. The lowest BCUT2D eigenvalue weighted by atomic mass is 9.78. The van der Waals surface area contributed by atoms with E-state index < -0.39 is 5.97 Å². The maximum atomic E-state index is 12.3. The van der Waals surface area contributed by atoms with E-state index in [1.54, 1.807) is 4.90 Å². The molecule has 1 aliphatic carbocycles. The number of nitrogens with zero attached hydrogens (tertiary/aromatic N) is 1. The first-order valence-electron chi connectivity index (χ1n) is 8.67. The third-order valence-corrected chi connectivity index (χ3v) is 5.25. The second-order valence-electron chi connectivity index (χ2n) is 7.56. The van der Waals surface area contributed by atoms with E-state index in [0.29, 0.717) is 31.8 Å². The average molecular weight is 310 g/mol. The fourth-order valence-corrected chi connectivity index (χ4v) is 4.15. The summed E-state index contributed by atoms with van der Waals surface area (Å²) < 4.78 is 0. The lowest BCUT2D eigenvalue weighted by Crippen LogP contribution is -2.48. The molecule has 22 heavy (non-hydrogen) atoms. The number of nitrogens with one attached hydrogen (secondary N) is 1. The molecule has 0 radical (unpaired) electrons. The standard InChI is InChI=1S/C17H30N2O3/c1-13(2)11-17(7-3-4-8-17)12-18-16(22)19-9-5-14(6-10-19)15(20)21/h13-14H,3-12H2,1-2H3,(H,18,22)(H,20,21). The first-order chi connectivity index (χ1) is 10.4. The molecule has 2 amide bonds. The van der Waals surface area contributed by atoms with Crippen LogP contribution in [-0.4, -0.2) is 41.6 Å². The highest BCUT2D eigenvalue weighted by atomic mass is 16.4. The molecule has 0 aromatic heterocycles. The van der Waals surface area contributed by atoms with Gasteiger partial charge in [0.15, 0.2) is 0 Å². The number of carbonyl (C=O) groups excluding carboxylic acids is 1. The van der Waals surface area contributed by atoms with E-state index in [2.05, 4.69) is 19.2 Å². The number of aliphatic carboxylic acids is 1. The molecule has 126 valence electrons. The van der Waals surface area contributed by atoms with E-state index in [-0.39, 0.29) is 17.4 Å². The van der Waals surface area contributed by atoms with Crippen molar-refractivity contribution in [3.63, 3.8) is 0 Å². The van der Waals surface area contributed by atoms with Crippen LogP contribution in [0.2, 0.25) is 0 Å². The van der Waals surface area contributed by atoms with Crippen LogP contribution in [0.15, 0.2) is 0 Å². The van der Waals surface area contributed by atoms with Crippen LogP contribution in [0.4, 0.5) is 4.79 Å². The van der Waals surface area contributed by atoms with Crippen LogP contribution < -0.4 is 5.32 Å². The van der Waals surface area contributed by atoms with Crippen molar-refractivity contribution in [3.05, 3.63) is 0 Å². The number of likely N-dealkylation sites (tertiary alicyclic amines) is 1. The molecule has 2 fully saturated rings. The van der Waals surface area contributed by atoms with Crippen LogP contribution in [0.25, 0.3) is 0 Å². The highest BCUT2D eigenvalue weighted by Gasteiger charge is 2.35. The lowest BCUT2D eigenvalue weighted by molar-refractivity contribution is -0.143. The number of urea groups is 1. The first kappa shape index (κ1) is 17.1. The molecule has 0 aromatic rings. The number of hydrogen-bond acceptors (Lipinski definition) is 2. The van der Waals surface area contributed by atoms with Gasteiger partial charge in [-0.2, -0.15) is 0 Å². The SMILES string of the molecule is CC(C)CC1(CNC(=O)N2CCC(C(=O)O)CC2)CCCC1. The van der Waals surface area contributed by atoms with Crippen LogP contribution in [-0.2, 0) is 4.79 Å². The van der Waals surface area contributed by atoms with Gasteiger partial charge in [0.2, 0.25) is 0 Å². The Morgan fingerprint density at radius 3 is 2.32 bits per heavy atom. The number of carbonyl (C=O) groups is 2. The quantitative estimate of drug-likeness (QED) is 0.820. The van der Waals surface area contributed by atoms with Gasteiger partial charge in [0.25, 0.3) is 0 Å². The third-order valence-electron chi connectivity index (χ3n) is 5.25. The molecule has 1 saturated heterocycles. The second kappa shape index (κ2) is 7.34. The highest BCUT2D eigenvalue weighted by Crippen LogP contribution is 2.42. The summed E-state index contributed by atoms with van der Waals surface area (Å²) >= 11 is 0. The monoisotopic (exact) mass is 310 g/mol. The molecular weight excluding hydrogens is 280 g/mol. The lowest BCUT2D eigenvalue weighted by Gasteiger charge is -2.34. The summed E-state index contributed by atoms with van der Waals surface area (Å²) in [5.41, 5.74) is 0.281. The van der Waals surface area contributed by atoms with Crippen molar-refractivity contribution < 1.29 is 14.7 Å². The largest absolute Gasteiger partial charge is 0.481 e. The summed E-state index contributed by atoms with van der Waals surface area (Å²) in [7, 11) is 0. The Kier molecular flexibility index (Phi) is 5.70. The smallest absolute Gasteiger partial charge is 0.317 e. The predicted molar refractivity (Wildman–Crippen MR) is 85.7 cm³/mol. The number of carboxylic acid groups (broad SMARTS) is 1. The summed E-state index contributed by atoms with van der Waals surface area (Å²) in [5.74, 6) is -0.366. The van der Waals surface area contributed by atoms with Crippen LogP contribution in [0.5, 0.6) is 0 Å². The van der Waals surface area contributed by atoms with Gasteiger partial charge in [0.1, 0.15) is 0 Å². The van der Waals surface area contributed by atoms with Crippen molar-refractivity contribution >= 4 is 12.0 Å². The van der Waals surface area contributed by atoms with E-state index in [1.807, 2.05) is 0 Å². The molecule has 1 heterocycles. The first-order valence-corrected chi connectivity index (χ1v) is 8.67. The highest BCUT2D eigenvalue weighted by molar-refractivity contribution is 5.75. The van der Waals surface area contributed by atoms with Gasteiger partial charge >= 0.3 is 12.0 Å². The van der Waals surface area contributed by atoms with Gasteiger partial charge < -0.3 is 15.3 Å². The number of carboxylic acids is 1. The van der Waals surface area contributed by atoms with Crippen molar-refractivity contribution in [2.75, 3.05) is 19.6 Å². The number of piperidine rings is 1. The zero-order valence-corrected chi connectivity index (χ0v) is 13.9. The summed E-state index contributed by atoms with van der Waals surface area (Å²) in [6, 6.07) is -0.0149. The van der Waals surface area contributed by atoms with Gasteiger partial charge in [-0.1, -0.05) is 26.7 Å². The maximum absolute atomic E-state index is 12.3. The molecular formula is C17H30N2O3. The predicted octanol–water partition coefficient (Wildman–Crippen LogP) is 3.10. The Morgan fingerprint density at radius 1 is 1.23 bits per heavy atom. The molecule has 0 atom stereocenters. The minimum Gasteiger partial charge on any atom is -0.481 e. The normalized spacial score (nSPS) is 22.0. The fraction of sp³-hybridized carbons (Fsp3) is 0.882. The van der Waals surface area contributed by atoms with Gasteiger partial charge in [-0.05, 0) is 43.4 Å². The molecule has 2 N–H and O–H groups in total. The van der Waals surface area contributed by atoms with E-state index in [4.69, 9.17) is 5.11 Å². The Labute approximate surface area is 133 Å².